The average molecular weight is 219 g/mol. The summed E-state index contributed by atoms with van der Waals surface area (Å²) in [5.41, 5.74) is 9.72. The Morgan fingerprint density at radius 1 is 1.44 bits per heavy atom. The highest BCUT2D eigenvalue weighted by atomic mass is 16.4. The van der Waals surface area contributed by atoms with Crippen LogP contribution in [0.2, 0.25) is 0 Å². The zero-order valence-corrected chi connectivity index (χ0v) is 8.68. The molecule has 0 bridgehead atoms. The molecule has 16 heavy (non-hydrogen) atoms. The molecule has 1 aromatic heterocycles. The van der Waals surface area contributed by atoms with Crippen molar-refractivity contribution in [2.24, 2.45) is 5.73 Å². The van der Waals surface area contributed by atoms with Gasteiger partial charge in [-0.2, -0.15) is 0 Å². The molecule has 0 aliphatic carbocycles. The number of nitrogens with two attached hydrogens (primary N) is 1. The molecule has 1 amide bonds. The number of amides is 1. The average Bonchev–Trinajstić information content (AvgIpc) is 2.58. The summed E-state index contributed by atoms with van der Waals surface area (Å²) in [6.45, 7) is 0.543. The molecule has 0 radical (unpaired) electrons. The first-order valence-electron chi connectivity index (χ1n) is 5.01. The molecular weight excluding hydrogens is 206 g/mol. The fourth-order valence-corrected chi connectivity index (χ4v) is 1.80. The molecule has 1 heterocycles. The number of carboxylic acid groups (broad SMARTS) is 1. The molecule has 84 valence electrons. The maximum absolute atomic E-state index is 10.6. The smallest absolute Gasteiger partial charge is 0.423 e. The maximum Gasteiger partial charge on any atom is 0.423 e. The number of nitrogens with zero attached hydrogens (tertiary/aromatic N) is 1. The van der Waals surface area contributed by atoms with E-state index in [9.17, 15) is 4.79 Å². The Labute approximate surface area is 92.4 Å². The second-order valence-electron chi connectivity index (χ2n) is 3.50. The fraction of sp³-hybridized carbons (Fsp3) is 0.182. The van der Waals surface area contributed by atoms with Gasteiger partial charge in [-0.3, -0.25) is 4.68 Å². The monoisotopic (exact) mass is 219 g/mol. The molecule has 0 aliphatic heterocycles. The Balaban J connectivity index is 2.52. The van der Waals surface area contributed by atoms with Crippen molar-refractivity contribution in [1.29, 1.82) is 0 Å². The zero-order chi connectivity index (χ0) is 11.5. The summed E-state index contributed by atoms with van der Waals surface area (Å²) in [6, 6.07) is 7.62. The highest BCUT2D eigenvalue weighted by molar-refractivity contribution is 5.86. The van der Waals surface area contributed by atoms with Crippen molar-refractivity contribution in [3.8, 4) is 0 Å². The number of carbonyl (C=O) groups is 1. The summed E-state index contributed by atoms with van der Waals surface area (Å²) in [5, 5.41) is 9.74. The third-order valence-corrected chi connectivity index (χ3v) is 2.42. The molecule has 5 nitrogen and oxygen atoms in total. The summed E-state index contributed by atoms with van der Waals surface area (Å²) >= 11 is 0. The fourth-order valence-electron chi connectivity index (χ4n) is 1.80. The van der Waals surface area contributed by atoms with Crippen molar-refractivity contribution in [2.45, 2.75) is 6.42 Å². The number of fused-ring (bicyclic) bond motifs is 1. The lowest BCUT2D eigenvalue weighted by Crippen LogP contribution is -2.19. The number of para-hydroxylation sites is 1. The minimum atomic E-state index is -1.08. The van der Waals surface area contributed by atoms with Gasteiger partial charge in [0, 0.05) is 11.6 Å². The summed E-state index contributed by atoms with van der Waals surface area (Å²) in [4.78, 5) is 10.6. The number of rotatable bonds is 3. The van der Waals surface area contributed by atoms with Crippen LogP contribution in [0.15, 0.2) is 30.5 Å². The van der Waals surface area contributed by atoms with E-state index in [0.29, 0.717) is 6.54 Å². The summed E-state index contributed by atoms with van der Waals surface area (Å²) < 4.78 is 1.50. The van der Waals surface area contributed by atoms with Gasteiger partial charge in [0.2, 0.25) is 0 Å². The SMILES string of the molecule is NCCc1cn(NC(=O)O)c2ccccc12. The van der Waals surface area contributed by atoms with E-state index in [1.165, 1.54) is 4.68 Å². The molecule has 1 aromatic carbocycles. The highest BCUT2D eigenvalue weighted by Gasteiger charge is 2.08. The number of aromatic nitrogens is 1. The second kappa shape index (κ2) is 4.24. The van der Waals surface area contributed by atoms with E-state index >= 15 is 0 Å². The van der Waals surface area contributed by atoms with Crippen LogP contribution in [0.1, 0.15) is 5.56 Å². The Morgan fingerprint density at radius 2 is 2.19 bits per heavy atom. The lowest BCUT2D eigenvalue weighted by atomic mass is 10.1. The van der Waals surface area contributed by atoms with Crippen molar-refractivity contribution in [1.82, 2.24) is 4.68 Å². The quantitative estimate of drug-likeness (QED) is 0.729. The van der Waals surface area contributed by atoms with Crippen molar-refractivity contribution < 1.29 is 9.90 Å². The number of nitrogens with one attached hydrogen (secondary N) is 1. The molecule has 0 spiro atoms. The molecule has 0 aliphatic rings. The van der Waals surface area contributed by atoms with E-state index < -0.39 is 6.09 Å². The third-order valence-electron chi connectivity index (χ3n) is 2.42. The van der Waals surface area contributed by atoms with Crippen LogP contribution in [0.5, 0.6) is 0 Å². The van der Waals surface area contributed by atoms with E-state index in [1.54, 1.807) is 6.20 Å². The second-order valence-corrected chi connectivity index (χ2v) is 3.50. The van der Waals surface area contributed by atoms with Crippen LogP contribution in [0, 0.1) is 0 Å². The number of hydrogen-bond donors (Lipinski definition) is 3. The Hall–Kier alpha value is -2.01. The van der Waals surface area contributed by atoms with Crippen LogP contribution < -0.4 is 11.2 Å². The number of hydrogen-bond acceptors (Lipinski definition) is 2. The molecule has 0 saturated heterocycles. The van der Waals surface area contributed by atoms with Crippen LogP contribution in [0.4, 0.5) is 4.79 Å². The Kier molecular flexibility index (Phi) is 2.78. The van der Waals surface area contributed by atoms with Gasteiger partial charge in [0.1, 0.15) is 0 Å². The standard InChI is InChI=1S/C11H13N3O2/c12-6-5-8-7-14(13-11(15)16)10-4-2-1-3-9(8)10/h1-4,7,13H,5-6,12H2,(H,15,16). The topological polar surface area (TPSA) is 80.3 Å². The van der Waals surface area contributed by atoms with Crippen LogP contribution >= 0.6 is 0 Å². The van der Waals surface area contributed by atoms with E-state index in [-0.39, 0.29) is 0 Å². The first kappa shape index (κ1) is 10.5. The van der Waals surface area contributed by atoms with E-state index in [4.69, 9.17) is 10.8 Å². The summed E-state index contributed by atoms with van der Waals surface area (Å²) in [5.74, 6) is 0. The number of benzene rings is 1. The van der Waals surface area contributed by atoms with Crippen molar-refractivity contribution >= 4 is 17.0 Å². The maximum atomic E-state index is 10.6. The van der Waals surface area contributed by atoms with Crippen LogP contribution in [-0.4, -0.2) is 22.4 Å². The predicted octanol–water partition coefficient (Wildman–Crippen LogP) is 1.36. The molecule has 0 saturated carbocycles. The van der Waals surface area contributed by atoms with E-state index in [2.05, 4.69) is 5.43 Å². The molecule has 0 atom stereocenters. The summed E-state index contributed by atoms with van der Waals surface area (Å²) in [6.07, 6.45) is 1.42. The first-order valence-corrected chi connectivity index (χ1v) is 5.01. The van der Waals surface area contributed by atoms with Crippen molar-refractivity contribution in [2.75, 3.05) is 12.0 Å². The van der Waals surface area contributed by atoms with E-state index in [0.717, 1.165) is 22.9 Å². The van der Waals surface area contributed by atoms with Crippen LogP contribution in [-0.2, 0) is 6.42 Å². The van der Waals surface area contributed by atoms with Crippen molar-refractivity contribution in [3.63, 3.8) is 0 Å². The molecule has 5 heteroatoms. The molecule has 2 rings (SSSR count). The van der Waals surface area contributed by atoms with Crippen LogP contribution in [0.3, 0.4) is 0 Å². The largest absolute Gasteiger partial charge is 0.464 e. The normalized spacial score (nSPS) is 10.6. The van der Waals surface area contributed by atoms with Gasteiger partial charge in [-0.15, -0.1) is 0 Å². The third kappa shape index (κ3) is 1.85. The highest BCUT2D eigenvalue weighted by Crippen LogP contribution is 2.20. The van der Waals surface area contributed by atoms with Gasteiger partial charge < -0.3 is 10.8 Å². The van der Waals surface area contributed by atoms with Gasteiger partial charge in [0.05, 0.1) is 5.52 Å². The van der Waals surface area contributed by atoms with Gasteiger partial charge in [0.15, 0.2) is 0 Å². The molecular formula is C11H13N3O2. The first-order chi connectivity index (χ1) is 7.72. The molecule has 2 aromatic rings. The Morgan fingerprint density at radius 3 is 2.88 bits per heavy atom. The minimum Gasteiger partial charge on any atom is -0.464 e. The Bertz CT molecular complexity index is 519. The zero-order valence-electron chi connectivity index (χ0n) is 8.68. The van der Waals surface area contributed by atoms with Gasteiger partial charge in [-0.05, 0) is 24.6 Å². The van der Waals surface area contributed by atoms with E-state index in [1.807, 2.05) is 24.3 Å². The summed E-state index contributed by atoms with van der Waals surface area (Å²) in [7, 11) is 0. The molecule has 4 N–H and O–H groups in total. The van der Waals surface area contributed by atoms with Gasteiger partial charge in [-0.25, -0.2) is 10.2 Å². The molecule has 0 fully saturated rings. The van der Waals surface area contributed by atoms with Crippen LogP contribution in [0.25, 0.3) is 10.9 Å². The molecule has 0 unspecified atom stereocenters. The minimum absolute atomic E-state index is 0.543. The lowest BCUT2D eigenvalue weighted by Gasteiger charge is -2.02. The van der Waals surface area contributed by atoms with Gasteiger partial charge >= 0.3 is 6.09 Å². The lowest BCUT2D eigenvalue weighted by molar-refractivity contribution is 0.206. The predicted molar refractivity (Wildman–Crippen MR) is 62.1 cm³/mol. The van der Waals surface area contributed by atoms with Crippen molar-refractivity contribution in [3.05, 3.63) is 36.0 Å². The van der Waals surface area contributed by atoms with Gasteiger partial charge in [0.25, 0.3) is 0 Å². The van der Waals surface area contributed by atoms with Gasteiger partial charge in [-0.1, -0.05) is 18.2 Å².